The molecule has 0 bridgehead atoms. The van der Waals surface area contributed by atoms with Gasteiger partial charge in [-0.05, 0) is 50.1 Å². The number of carbonyl (C=O) groups excluding carboxylic acids is 3. The van der Waals surface area contributed by atoms with Crippen LogP contribution in [0.25, 0.3) is 0 Å². The van der Waals surface area contributed by atoms with Crippen LogP contribution in [0.4, 0.5) is 10.5 Å². The normalized spacial score (nSPS) is 23.8. The van der Waals surface area contributed by atoms with Crippen molar-refractivity contribution in [2.45, 2.75) is 63.0 Å². The van der Waals surface area contributed by atoms with E-state index in [1.54, 1.807) is 42.2 Å². The van der Waals surface area contributed by atoms with Gasteiger partial charge in [0.15, 0.2) is 11.5 Å². The largest absolute Gasteiger partial charge is 0.484 e. The van der Waals surface area contributed by atoms with Crippen LogP contribution in [-0.4, -0.2) is 41.3 Å². The number of ether oxygens (including phenoxy) is 2. The van der Waals surface area contributed by atoms with E-state index in [2.05, 4.69) is 10.6 Å². The van der Waals surface area contributed by atoms with Crippen LogP contribution in [0.1, 0.15) is 67.8 Å². The van der Waals surface area contributed by atoms with Gasteiger partial charge in [-0.1, -0.05) is 43.0 Å². The molecule has 2 N–H and O–H groups in total. The van der Waals surface area contributed by atoms with Crippen molar-refractivity contribution < 1.29 is 23.9 Å². The number of urea groups is 1. The van der Waals surface area contributed by atoms with Gasteiger partial charge in [0.25, 0.3) is 5.91 Å². The zero-order chi connectivity index (χ0) is 26.5. The van der Waals surface area contributed by atoms with Crippen molar-refractivity contribution in [2.75, 3.05) is 18.4 Å². The summed E-state index contributed by atoms with van der Waals surface area (Å²) in [5.41, 5.74) is 0.571. The second-order valence-electron chi connectivity index (χ2n) is 10.6. The molecule has 1 saturated heterocycles. The molecule has 1 aliphatic carbocycles. The number of nitrogens with one attached hydrogen (secondary N) is 2. The fourth-order valence-corrected chi connectivity index (χ4v) is 6.59. The molecule has 1 saturated carbocycles. The number of nitrogens with zero attached hydrogens (tertiary/aromatic N) is 1. The van der Waals surface area contributed by atoms with E-state index in [4.69, 9.17) is 21.1 Å². The van der Waals surface area contributed by atoms with Gasteiger partial charge < -0.3 is 25.0 Å². The van der Waals surface area contributed by atoms with Crippen molar-refractivity contribution in [3.05, 3.63) is 64.4 Å². The fraction of sp³-hybridized carbons (Fsp3) is 0.414. The number of amides is 3. The van der Waals surface area contributed by atoms with Gasteiger partial charge >= 0.3 is 6.03 Å². The first-order valence-corrected chi connectivity index (χ1v) is 13.6. The molecule has 2 spiro atoms. The standard InChI is InChI=1S/C29H30ClN3O5/c1-2-21(26(35)33-15-14-28(17-33)16-20(34)18-8-4-5-9-22(18)38-28)37-23-11-10-19(30)25-24(23)29(32-27(36)31-25)12-6-3-7-13-29/h2,4-5,8-11H,3,6-7,12-17H2,1H3,(H2,31,32,36)/b21-2-. The second kappa shape index (κ2) is 9.34. The highest BCUT2D eigenvalue weighted by Gasteiger charge is 2.48. The molecule has 38 heavy (non-hydrogen) atoms. The predicted molar refractivity (Wildman–Crippen MR) is 143 cm³/mol. The summed E-state index contributed by atoms with van der Waals surface area (Å²) < 4.78 is 12.6. The predicted octanol–water partition coefficient (Wildman–Crippen LogP) is 5.55. The van der Waals surface area contributed by atoms with Crippen molar-refractivity contribution in [2.24, 2.45) is 0 Å². The third-order valence-electron chi connectivity index (χ3n) is 8.19. The third-order valence-corrected chi connectivity index (χ3v) is 8.50. The van der Waals surface area contributed by atoms with Gasteiger partial charge in [0.2, 0.25) is 0 Å². The van der Waals surface area contributed by atoms with Gasteiger partial charge in [-0.25, -0.2) is 4.79 Å². The Kier molecular flexibility index (Phi) is 6.10. The molecule has 3 amide bonds. The number of rotatable bonds is 3. The van der Waals surface area contributed by atoms with Gasteiger partial charge in [0.05, 0.1) is 34.8 Å². The maximum absolute atomic E-state index is 13.7. The zero-order valence-corrected chi connectivity index (χ0v) is 22.0. The first-order chi connectivity index (χ1) is 18.3. The number of benzene rings is 2. The summed E-state index contributed by atoms with van der Waals surface area (Å²) in [4.78, 5) is 40.7. The number of fused-ring (bicyclic) bond motifs is 3. The molecule has 1 unspecified atom stereocenters. The quantitative estimate of drug-likeness (QED) is 0.396. The Labute approximate surface area is 226 Å². The summed E-state index contributed by atoms with van der Waals surface area (Å²) >= 11 is 6.52. The van der Waals surface area contributed by atoms with Gasteiger partial charge in [0, 0.05) is 18.5 Å². The molecule has 0 aromatic heterocycles. The lowest BCUT2D eigenvalue weighted by molar-refractivity contribution is -0.129. The number of Topliss-reactive ketones (excluding diaryl/α,β-unsaturated/α-hetero) is 1. The first kappa shape index (κ1) is 24.8. The summed E-state index contributed by atoms with van der Waals surface area (Å²) in [6.45, 7) is 2.51. The molecule has 3 aliphatic heterocycles. The van der Waals surface area contributed by atoms with Crippen LogP contribution >= 0.6 is 11.6 Å². The van der Waals surface area contributed by atoms with Crippen LogP contribution in [0.2, 0.25) is 5.02 Å². The van der Waals surface area contributed by atoms with Crippen molar-refractivity contribution in [1.82, 2.24) is 10.2 Å². The topological polar surface area (TPSA) is 97.0 Å². The van der Waals surface area contributed by atoms with E-state index in [1.165, 1.54) is 0 Å². The van der Waals surface area contributed by atoms with Crippen LogP contribution in [0, 0.1) is 0 Å². The summed E-state index contributed by atoms with van der Waals surface area (Å²) in [6, 6.07) is 10.4. The lowest BCUT2D eigenvalue weighted by atomic mass is 9.74. The molecule has 6 rings (SSSR count). The van der Waals surface area contributed by atoms with Crippen LogP contribution in [0.3, 0.4) is 0 Å². The average molecular weight is 536 g/mol. The number of anilines is 1. The number of halogens is 1. The summed E-state index contributed by atoms with van der Waals surface area (Å²) in [6.07, 6.45) is 7.02. The van der Waals surface area contributed by atoms with Crippen molar-refractivity contribution in [1.29, 1.82) is 0 Å². The Morgan fingerprint density at radius 3 is 2.68 bits per heavy atom. The van der Waals surface area contributed by atoms with Gasteiger partial charge in [-0.3, -0.25) is 9.59 Å². The number of para-hydroxylation sites is 1. The number of allylic oxidation sites excluding steroid dienone is 1. The number of carbonyl (C=O) groups is 3. The zero-order valence-electron chi connectivity index (χ0n) is 21.3. The summed E-state index contributed by atoms with van der Waals surface area (Å²) in [5.74, 6) is 1.00. The smallest absolute Gasteiger partial charge is 0.319 e. The first-order valence-electron chi connectivity index (χ1n) is 13.2. The van der Waals surface area contributed by atoms with Gasteiger partial charge in [0.1, 0.15) is 17.1 Å². The minimum atomic E-state index is -0.736. The number of hydrogen-bond acceptors (Lipinski definition) is 5. The van der Waals surface area contributed by atoms with Crippen molar-refractivity contribution in [3.8, 4) is 11.5 Å². The van der Waals surface area contributed by atoms with Crippen LogP contribution in [-0.2, 0) is 10.3 Å². The summed E-state index contributed by atoms with van der Waals surface area (Å²) in [5, 5.41) is 6.40. The lowest BCUT2D eigenvalue weighted by Gasteiger charge is -2.43. The van der Waals surface area contributed by atoms with E-state index in [-0.39, 0.29) is 29.9 Å². The SMILES string of the molecule is C/C=C(\Oc1ccc(Cl)c2c1C1(CCCCC1)NC(=O)N2)C(=O)N1CCC2(CC(=O)c3ccccc3O2)C1. The minimum absolute atomic E-state index is 0.0313. The monoisotopic (exact) mass is 535 g/mol. The molecule has 1 atom stereocenters. The van der Waals surface area contributed by atoms with Gasteiger partial charge in [-0.2, -0.15) is 0 Å². The molecular formula is C29H30ClN3O5. The number of hydrogen-bond donors (Lipinski definition) is 2. The van der Waals surface area contributed by atoms with Gasteiger partial charge in [-0.15, -0.1) is 0 Å². The average Bonchev–Trinajstić information content (AvgIpc) is 3.31. The highest BCUT2D eigenvalue weighted by Crippen LogP contribution is 2.49. The van der Waals surface area contributed by atoms with Crippen LogP contribution in [0.5, 0.6) is 11.5 Å². The van der Waals surface area contributed by atoms with E-state index < -0.39 is 11.1 Å². The van der Waals surface area contributed by atoms with Crippen LogP contribution < -0.4 is 20.1 Å². The maximum atomic E-state index is 13.7. The molecule has 9 heteroatoms. The Morgan fingerprint density at radius 2 is 1.89 bits per heavy atom. The van der Waals surface area contributed by atoms with E-state index in [0.29, 0.717) is 47.3 Å². The molecule has 2 aromatic rings. The molecule has 0 radical (unpaired) electrons. The summed E-state index contributed by atoms with van der Waals surface area (Å²) in [7, 11) is 0. The van der Waals surface area contributed by atoms with E-state index in [1.807, 2.05) is 12.1 Å². The Balaban J connectivity index is 1.26. The highest BCUT2D eigenvalue weighted by atomic mass is 35.5. The minimum Gasteiger partial charge on any atom is -0.484 e. The van der Waals surface area contributed by atoms with E-state index in [9.17, 15) is 14.4 Å². The Bertz CT molecular complexity index is 1370. The highest BCUT2D eigenvalue weighted by molar-refractivity contribution is 6.34. The van der Waals surface area contributed by atoms with Crippen molar-refractivity contribution >= 4 is 35.0 Å². The lowest BCUT2D eigenvalue weighted by Crippen LogP contribution is -2.53. The molecule has 8 nitrogen and oxygen atoms in total. The number of likely N-dealkylation sites (tertiary alicyclic amines) is 1. The third kappa shape index (κ3) is 4.11. The molecular weight excluding hydrogens is 506 g/mol. The molecule has 3 heterocycles. The molecule has 198 valence electrons. The molecule has 2 aromatic carbocycles. The van der Waals surface area contributed by atoms with E-state index in [0.717, 1.165) is 37.7 Å². The van der Waals surface area contributed by atoms with E-state index >= 15 is 0 Å². The van der Waals surface area contributed by atoms with Crippen LogP contribution in [0.15, 0.2) is 48.2 Å². The Morgan fingerprint density at radius 1 is 1.11 bits per heavy atom. The molecule has 4 aliphatic rings. The molecule has 2 fully saturated rings. The Hall–Kier alpha value is -3.52. The number of ketones is 1. The fourth-order valence-electron chi connectivity index (χ4n) is 6.38. The van der Waals surface area contributed by atoms with Crippen molar-refractivity contribution in [3.63, 3.8) is 0 Å². The second-order valence-corrected chi connectivity index (χ2v) is 11.0. The maximum Gasteiger partial charge on any atom is 0.319 e.